The maximum Gasteiger partial charge on any atom is 0.253 e. The molecule has 1 aromatic carbocycles. The van der Waals surface area contributed by atoms with E-state index >= 15 is 0 Å². The van der Waals surface area contributed by atoms with E-state index in [1.54, 1.807) is 11.1 Å². The molecule has 2 aliphatic rings. The van der Waals surface area contributed by atoms with Crippen molar-refractivity contribution in [1.29, 1.82) is 0 Å². The van der Waals surface area contributed by atoms with Gasteiger partial charge in [0.15, 0.2) is 0 Å². The third-order valence-electron chi connectivity index (χ3n) is 4.55. The summed E-state index contributed by atoms with van der Waals surface area (Å²) in [5.41, 5.74) is 2.57. The van der Waals surface area contributed by atoms with Gasteiger partial charge >= 0.3 is 0 Å². The third-order valence-corrected chi connectivity index (χ3v) is 4.55. The summed E-state index contributed by atoms with van der Waals surface area (Å²) < 4.78 is 0. The molecular weight excluding hydrogens is 280 g/mol. The quantitative estimate of drug-likeness (QED) is 0.864. The van der Waals surface area contributed by atoms with Gasteiger partial charge in [0, 0.05) is 37.3 Å². The predicted molar refractivity (Wildman–Crippen MR) is 79.9 cm³/mol. The minimum atomic E-state index is -0.0341. The van der Waals surface area contributed by atoms with E-state index in [-0.39, 0.29) is 23.7 Å². The lowest BCUT2D eigenvalue weighted by molar-refractivity contribution is -0.122. The van der Waals surface area contributed by atoms with Crippen LogP contribution in [0.1, 0.15) is 10.4 Å². The standard InChI is InChI=1S/C16H16N4O2/c21-15-13-9-20(8-12(13)7-17-15)16(22)11-3-1-10(2-4-11)14-5-6-18-19-14/h1-6,12-13H,7-9H2,(H,17,21)(H,18,19)/t12-,13+/m0/s1. The van der Waals surface area contributed by atoms with Crippen LogP contribution < -0.4 is 5.32 Å². The molecule has 0 spiro atoms. The molecule has 3 heterocycles. The number of rotatable bonds is 2. The number of likely N-dealkylation sites (tertiary alicyclic amines) is 1. The number of aromatic nitrogens is 2. The predicted octanol–water partition coefficient (Wildman–Crippen LogP) is 0.895. The second-order valence-corrected chi connectivity index (χ2v) is 5.87. The molecule has 0 unspecified atom stereocenters. The molecule has 0 aliphatic carbocycles. The average molecular weight is 296 g/mol. The van der Waals surface area contributed by atoms with Crippen molar-refractivity contribution in [2.45, 2.75) is 0 Å². The van der Waals surface area contributed by atoms with Crippen LogP contribution in [0.15, 0.2) is 36.5 Å². The first kappa shape index (κ1) is 13.1. The maximum absolute atomic E-state index is 12.6. The third kappa shape index (κ3) is 2.07. The number of benzene rings is 1. The van der Waals surface area contributed by atoms with Gasteiger partial charge in [-0.05, 0) is 23.8 Å². The van der Waals surface area contributed by atoms with Crippen LogP contribution in [0, 0.1) is 11.8 Å². The van der Waals surface area contributed by atoms with E-state index < -0.39 is 0 Å². The van der Waals surface area contributed by atoms with Crippen molar-refractivity contribution in [1.82, 2.24) is 20.4 Å². The van der Waals surface area contributed by atoms with Crippen LogP contribution in [-0.2, 0) is 4.79 Å². The molecule has 0 bridgehead atoms. The van der Waals surface area contributed by atoms with E-state index in [9.17, 15) is 9.59 Å². The summed E-state index contributed by atoms with van der Waals surface area (Å²) >= 11 is 0. The molecule has 6 nitrogen and oxygen atoms in total. The fourth-order valence-corrected chi connectivity index (χ4v) is 3.30. The van der Waals surface area contributed by atoms with Crippen molar-refractivity contribution in [3.63, 3.8) is 0 Å². The first-order chi connectivity index (χ1) is 10.7. The number of H-pyrrole nitrogens is 1. The monoisotopic (exact) mass is 296 g/mol. The van der Waals surface area contributed by atoms with Crippen molar-refractivity contribution in [2.75, 3.05) is 19.6 Å². The number of hydrogen-bond acceptors (Lipinski definition) is 3. The normalized spacial score (nSPS) is 23.5. The highest BCUT2D eigenvalue weighted by Gasteiger charge is 2.43. The van der Waals surface area contributed by atoms with Gasteiger partial charge in [-0.15, -0.1) is 0 Å². The Labute approximate surface area is 127 Å². The van der Waals surface area contributed by atoms with Gasteiger partial charge in [0.05, 0.1) is 11.6 Å². The number of nitrogens with zero attached hydrogens (tertiary/aromatic N) is 2. The fourth-order valence-electron chi connectivity index (χ4n) is 3.30. The summed E-state index contributed by atoms with van der Waals surface area (Å²) in [4.78, 5) is 26.0. The highest BCUT2D eigenvalue weighted by molar-refractivity contribution is 5.95. The molecule has 2 atom stereocenters. The largest absolute Gasteiger partial charge is 0.355 e. The number of carbonyl (C=O) groups is 2. The molecule has 22 heavy (non-hydrogen) atoms. The van der Waals surface area contributed by atoms with E-state index in [4.69, 9.17) is 0 Å². The van der Waals surface area contributed by atoms with Crippen LogP contribution in [0.25, 0.3) is 11.3 Å². The number of aromatic amines is 1. The second kappa shape index (κ2) is 4.98. The summed E-state index contributed by atoms with van der Waals surface area (Å²) in [5, 5.41) is 9.68. The molecule has 2 aromatic rings. The van der Waals surface area contributed by atoms with Crippen LogP contribution in [0.3, 0.4) is 0 Å². The van der Waals surface area contributed by atoms with Crippen molar-refractivity contribution < 1.29 is 9.59 Å². The van der Waals surface area contributed by atoms with Gasteiger partial charge in [-0.1, -0.05) is 12.1 Å². The summed E-state index contributed by atoms with van der Waals surface area (Å²) in [6, 6.07) is 9.35. The van der Waals surface area contributed by atoms with Crippen LogP contribution in [0.4, 0.5) is 0 Å². The molecule has 2 amide bonds. The maximum atomic E-state index is 12.6. The van der Waals surface area contributed by atoms with Gasteiger partial charge in [0.2, 0.25) is 5.91 Å². The molecule has 2 N–H and O–H groups in total. The van der Waals surface area contributed by atoms with Gasteiger partial charge in [-0.2, -0.15) is 5.10 Å². The summed E-state index contributed by atoms with van der Waals surface area (Å²) in [7, 11) is 0. The Morgan fingerprint density at radius 2 is 2.00 bits per heavy atom. The molecule has 112 valence electrons. The Hall–Kier alpha value is -2.63. The molecule has 2 fully saturated rings. The molecule has 6 heteroatoms. The van der Waals surface area contributed by atoms with Gasteiger partial charge in [-0.3, -0.25) is 14.7 Å². The number of nitrogens with one attached hydrogen (secondary N) is 2. The molecule has 2 saturated heterocycles. The number of hydrogen-bond donors (Lipinski definition) is 2. The highest BCUT2D eigenvalue weighted by atomic mass is 16.2. The SMILES string of the molecule is O=C1NC[C@H]2CN(C(=O)c3ccc(-c4ccn[nH]4)cc3)C[C@@H]12. The summed E-state index contributed by atoms with van der Waals surface area (Å²) in [6.45, 7) is 1.87. The Morgan fingerprint density at radius 1 is 1.18 bits per heavy atom. The van der Waals surface area contributed by atoms with Crippen LogP contribution in [0.2, 0.25) is 0 Å². The fraction of sp³-hybridized carbons (Fsp3) is 0.312. The first-order valence-corrected chi connectivity index (χ1v) is 7.39. The van der Waals surface area contributed by atoms with E-state index in [1.165, 1.54) is 0 Å². The van der Waals surface area contributed by atoms with Crippen LogP contribution >= 0.6 is 0 Å². The minimum Gasteiger partial charge on any atom is -0.355 e. The topological polar surface area (TPSA) is 78.1 Å². The zero-order chi connectivity index (χ0) is 15.1. The van der Waals surface area contributed by atoms with Gasteiger partial charge in [0.1, 0.15) is 0 Å². The van der Waals surface area contributed by atoms with Crippen LogP contribution in [-0.4, -0.2) is 46.5 Å². The molecule has 0 radical (unpaired) electrons. The molecule has 0 saturated carbocycles. The number of amides is 2. The summed E-state index contributed by atoms with van der Waals surface area (Å²) in [6.07, 6.45) is 1.70. The Bertz CT molecular complexity index is 708. The average Bonchev–Trinajstić information content (AvgIpc) is 3.26. The second-order valence-electron chi connectivity index (χ2n) is 5.87. The van der Waals surface area contributed by atoms with E-state index in [1.807, 2.05) is 30.3 Å². The van der Waals surface area contributed by atoms with Gasteiger partial charge in [0.25, 0.3) is 5.91 Å². The lowest BCUT2D eigenvalue weighted by Crippen LogP contribution is -2.33. The first-order valence-electron chi connectivity index (χ1n) is 7.39. The van der Waals surface area contributed by atoms with Crippen molar-refractivity contribution in [3.05, 3.63) is 42.1 Å². The van der Waals surface area contributed by atoms with Gasteiger partial charge < -0.3 is 10.2 Å². The lowest BCUT2D eigenvalue weighted by atomic mass is 10.0. The highest BCUT2D eigenvalue weighted by Crippen LogP contribution is 2.28. The Morgan fingerprint density at radius 3 is 2.68 bits per heavy atom. The number of carbonyl (C=O) groups excluding carboxylic acids is 2. The zero-order valence-corrected chi connectivity index (χ0v) is 12.0. The van der Waals surface area contributed by atoms with E-state index in [2.05, 4.69) is 15.5 Å². The molecular formula is C16H16N4O2. The minimum absolute atomic E-state index is 0.00152. The van der Waals surface area contributed by atoms with Crippen molar-refractivity contribution in [2.24, 2.45) is 11.8 Å². The van der Waals surface area contributed by atoms with Crippen molar-refractivity contribution >= 4 is 11.8 Å². The lowest BCUT2D eigenvalue weighted by Gasteiger charge is -2.17. The van der Waals surface area contributed by atoms with Crippen LogP contribution in [0.5, 0.6) is 0 Å². The Balaban J connectivity index is 1.50. The number of fused-ring (bicyclic) bond motifs is 1. The summed E-state index contributed by atoms with van der Waals surface area (Å²) in [5.74, 6) is 0.308. The van der Waals surface area contributed by atoms with E-state index in [0.29, 0.717) is 25.2 Å². The molecule has 2 aliphatic heterocycles. The Kier molecular flexibility index (Phi) is 2.96. The van der Waals surface area contributed by atoms with Gasteiger partial charge in [-0.25, -0.2) is 0 Å². The van der Waals surface area contributed by atoms with Crippen molar-refractivity contribution in [3.8, 4) is 11.3 Å². The molecule has 1 aromatic heterocycles. The molecule has 4 rings (SSSR count). The smallest absolute Gasteiger partial charge is 0.253 e. The zero-order valence-electron chi connectivity index (χ0n) is 12.0. The van der Waals surface area contributed by atoms with E-state index in [0.717, 1.165) is 11.3 Å².